The summed E-state index contributed by atoms with van der Waals surface area (Å²) in [6.07, 6.45) is 0. The number of fused-ring (bicyclic) bond motifs is 10. The molecule has 7 nitrogen and oxygen atoms in total. The van der Waals surface area contributed by atoms with Gasteiger partial charge in [0, 0.05) is 16.3 Å². The number of ether oxygens (including phenoxy) is 1. The highest BCUT2D eigenvalue weighted by molar-refractivity contribution is 6.31. The zero-order valence-electron chi connectivity index (χ0n) is 17.2. The molecule has 1 amide bonds. The number of rotatable bonds is 0. The number of amides is 1. The van der Waals surface area contributed by atoms with Gasteiger partial charge in [-0.05, 0) is 36.4 Å². The Morgan fingerprint density at radius 2 is 1.29 bits per heavy atom. The molecule has 164 valence electrons. The zero-order chi connectivity index (χ0) is 23.2. The van der Waals surface area contributed by atoms with Crippen LogP contribution >= 0.6 is 11.6 Å². The van der Waals surface area contributed by atoms with E-state index in [2.05, 4.69) is 5.32 Å². The van der Waals surface area contributed by atoms with E-state index in [-0.39, 0.29) is 22.6 Å². The van der Waals surface area contributed by atoms with Crippen molar-refractivity contribution in [2.75, 3.05) is 5.32 Å². The molecule has 3 aromatic carbocycles. The summed E-state index contributed by atoms with van der Waals surface area (Å²) < 4.78 is 17.5. The quantitative estimate of drug-likeness (QED) is 0.322. The summed E-state index contributed by atoms with van der Waals surface area (Å²) in [5.41, 5.74) is -2.22. The second-order valence-corrected chi connectivity index (χ2v) is 8.61. The standard InChI is InChI=1S/C26H12ClNO6/c27-12-9-10-15-16(11-12)28-25(31)26(15)19-21(13-5-1-3-7-17(13)32-23(19)29)34-22-14-6-2-4-8-18(14)33-24(30)20(22)26/h1-11H,(H,28,31). The van der Waals surface area contributed by atoms with E-state index >= 15 is 0 Å². The van der Waals surface area contributed by atoms with Gasteiger partial charge in [0.15, 0.2) is 11.5 Å². The highest BCUT2D eigenvalue weighted by Crippen LogP contribution is 2.57. The van der Waals surface area contributed by atoms with Crippen LogP contribution in [0.25, 0.3) is 21.9 Å². The first-order valence-corrected chi connectivity index (χ1v) is 10.8. The first-order valence-electron chi connectivity index (χ1n) is 10.4. The van der Waals surface area contributed by atoms with E-state index in [1.165, 1.54) is 0 Å². The van der Waals surface area contributed by atoms with E-state index in [4.69, 9.17) is 25.2 Å². The number of nitrogens with one attached hydrogen (secondary N) is 1. The lowest BCUT2D eigenvalue weighted by Gasteiger charge is -2.34. The highest BCUT2D eigenvalue weighted by Gasteiger charge is 2.59. The van der Waals surface area contributed by atoms with Crippen molar-refractivity contribution >= 4 is 45.1 Å². The molecular weight excluding hydrogens is 458 g/mol. The molecule has 1 N–H and O–H groups in total. The summed E-state index contributed by atoms with van der Waals surface area (Å²) in [6, 6.07) is 18.6. The molecule has 0 bridgehead atoms. The van der Waals surface area contributed by atoms with Crippen molar-refractivity contribution < 1.29 is 18.4 Å². The summed E-state index contributed by atoms with van der Waals surface area (Å²) in [5.74, 6) is -0.276. The fourth-order valence-electron chi connectivity index (χ4n) is 5.11. The summed E-state index contributed by atoms with van der Waals surface area (Å²) in [7, 11) is 0. The maximum atomic E-state index is 13.9. The molecule has 2 aliphatic rings. The van der Waals surface area contributed by atoms with E-state index in [1.54, 1.807) is 66.7 Å². The van der Waals surface area contributed by atoms with Crippen LogP contribution in [0, 0.1) is 0 Å². The number of hydrogen-bond acceptors (Lipinski definition) is 6. The van der Waals surface area contributed by atoms with Crippen molar-refractivity contribution in [1.82, 2.24) is 0 Å². The lowest BCUT2D eigenvalue weighted by atomic mass is 9.69. The first-order chi connectivity index (χ1) is 16.5. The van der Waals surface area contributed by atoms with Gasteiger partial charge in [-0.2, -0.15) is 0 Å². The summed E-state index contributed by atoms with van der Waals surface area (Å²) in [6.45, 7) is 0. The summed E-state index contributed by atoms with van der Waals surface area (Å²) >= 11 is 6.18. The van der Waals surface area contributed by atoms with Gasteiger partial charge in [-0.25, -0.2) is 9.59 Å². The van der Waals surface area contributed by atoms with Gasteiger partial charge in [0.1, 0.15) is 27.7 Å². The molecule has 8 heteroatoms. The summed E-state index contributed by atoms with van der Waals surface area (Å²) in [4.78, 5) is 40.8. The van der Waals surface area contributed by atoms with Crippen LogP contribution in [0.2, 0.25) is 5.02 Å². The third kappa shape index (κ3) is 2.19. The monoisotopic (exact) mass is 469 g/mol. The number of benzene rings is 3. The van der Waals surface area contributed by atoms with Crippen molar-refractivity contribution in [1.29, 1.82) is 0 Å². The van der Waals surface area contributed by atoms with Gasteiger partial charge in [-0.15, -0.1) is 0 Å². The Balaban J connectivity index is 1.76. The topological polar surface area (TPSA) is 98.8 Å². The van der Waals surface area contributed by atoms with Gasteiger partial charge in [-0.1, -0.05) is 41.9 Å². The molecule has 5 aromatic rings. The molecule has 0 atom stereocenters. The molecule has 0 saturated carbocycles. The average Bonchev–Trinajstić information content (AvgIpc) is 3.09. The Kier molecular flexibility index (Phi) is 3.58. The van der Waals surface area contributed by atoms with Crippen LogP contribution in [-0.2, 0) is 10.2 Å². The van der Waals surface area contributed by atoms with Crippen molar-refractivity contribution in [2.24, 2.45) is 0 Å². The molecule has 7 rings (SSSR count). The normalized spacial score (nSPS) is 15.0. The van der Waals surface area contributed by atoms with Crippen LogP contribution in [0.15, 0.2) is 85.2 Å². The third-order valence-electron chi connectivity index (χ3n) is 6.46. The fraction of sp³-hybridized carbons (Fsp3) is 0.0385. The van der Waals surface area contributed by atoms with Gasteiger partial charge >= 0.3 is 11.3 Å². The Morgan fingerprint density at radius 1 is 0.735 bits per heavy atom. The van der Waals surface area contributed by atoms with Crippen molar-refractivity contribution in [3.8, 4) is 11.5 Å². The maximum Gasteiger partial charge on any atom is 0.345 e. The molecular formula is C26H12ClNO6. The van der Waals surface area contributed by atoms with Crippen LogP contribution in [0.3, 0.4) is 0 Å². The van der Waals surface area contributed by atoms with E-state index in [1.807, 2.05) is 0 Å². The molecule has 2 aliphatic heterocycles. The SMILES string of the molecule is O=C1Nc2cc(Cl)ccc2C12c1c(c3ccccc3oc1=O)Oc1c2c(=O)oc2ccccc12. The van der Waals surface area contributed by atoms with Gasteiger partial charge in [0.2, 0.25) is 5.91 Å². The number of halogens is 1. The molecule has 34 heavy (non-hydrogen) atoms. The molecule has 2 aromatic heterocycles. The van der Waals surface area contributed by atoms with Crippen molar-refractivity contribution in [3.05, 3.63) is 109 Å². The number of carbonyl (C=O) groups is 1. The van der Waals surface area contributed by atoms with Gasteiger partial charge in [0.25, 0.3) is 0 Å². The van der Waals surface area contributed by atoms with Crippen molar-refractivity contribution in [2.45, 2.75) is 5.41 Å². The van der Waals surface area contributed by atoms with Crippen LogP contribution < -0.4 is 21.3 Å². The minimum absolute atomic E-state index is 0.0835. The fourth-order valence-corrected chi connectivity index (χ4v) is 5.28. The highest BCUT2D eigenvalue weighted by atomic mass is 35.5. The number of hydrogen-bond donors (Lipinski definition) is 1. The van der Waals surface area contributed by atoms with Gasteiger partial charge in [-0.3, -0.25) is 4.79 Å². The molecule has 0 radical (unpaired) electrons. The van der Waals surface area contributed by atoms with Gasteiger partial charge < -0.3 is 18.9 Å². The molecule has 4 heterocycles. The minimum atomic E-state index is -1.85. The first kappa shape index (κ1) is 19.1. The number of para-hydroxylation sites is 2. The van der Waals surface area contributed by atoms with Crippen LogP contribution in [-0.4, -0.2) is 5.91 Å². The Morgan fingerprint density at radius 3 is 1.88 bits per heavy atom. The number of anilines is 1. The Labute approximate surface area is 195 Å². The number of carbonyl (C=O) groups excluding carboxylic acids is 1. The second-order valence-electron chi connectivity index (χ2n) is 8.18. The molecule has 0 saturated heterocycles. The van der Waals surface area contributed by atoms with Gasteiger partial charge in [0.05, 0.1) is 10.8 Å². The van der Waals surface area contributed by atoms with Crippen LogP contribution in [0.1, 0.15) is 16.7 Å². The van der Waals surface area contributed by atoms with E-state index in [9.17, 15) is 14.4 Å². The second kappa shape index (κ2) is 6.36. The lowest BCUT2D eigenvalue weighted by molar-refractivity contribution is -0.118. The zero-order valence-corrected chi connectivity index (χ0v) is 17.9. The largest absolute Gasteiger partial charge is 0.455 e. The minimum Gasteiger partial charge on any atom is -0.455 e. The molecule has 0 unspecified atom stereocenters. The Bertz CT molecular complexity index is 1750. The summed E-state index contributed by atoms with van der Waals surface area (Å²) in [5, 5.41) is 4.17. The smallest absolute Gasteiger partial charge is 0.345 e. The maximum absolute atomic E-state index is 13.9. The third-order valence-corrected chi connectivity index (χ3v) is 6.69. The van der Waals surface area contributed by atoms with Crippen LogP contribution in [0.5, 0.6) is 11.5 Å². The Hall–Kier alpha value is -4.36. The molecule has 1 spiro atoms. The molecule has 0 fully saturated rings. The average molecular weight is 470 g/mol. The van der Waals surface area contributed by atoms with Crippen LogP contribution in [0.4, 0.5) is 5.69 Å². The predicted molar refractivity (Wildman–Crippen MR) is 125 cm³/mol. The predicted octanol–water partition coefficient (Wildman–Crippen LogP) is 4.95. The van der Waals surface area contributed by atoms with Crippen molar-refractivity contribution in [3.63, 3.8) is 0 Å². The van der Waals surface area contributed by atoms with E-state index < -0.39 is 22.6 Å². The lowest BCUT2D eigenvalue weighted by Crippen LogP contribution is -2.46. The van der Waals surface area contributed by atoms with E-state index in [0.29, 0.717) is 38.2 Å². The van der Waals surface area contributed by atoms with E-state index in [0.717, 1.165) is 0 Å². The molecule has 0 aliphatic carbocycles.